The summed E-state index contributed by atoms with van der Waals surface area (Å²) >= 11 is 0. The molecular weight excluding hydrogens is 220 g/mol. The third-order valence-electron chi connectivity index (χ3n) is 3.99. The van der Waals surface area contributed by atoms with Crippen molar-refractivity contribution in [2.75, 3.05) is 26.7 Å². The van der Waals surface area contributed by atoms with Crippen LogP contribution in [0.15, 0.2) is 24.3 Å². The molecule has 2 heteroatoms. The zero-order valence-corrected chi connectivity index (χ0v) is 11.9. The predicted octanol–water partition coefficient (Wildman–Crippen LogP) is 2.99. The summed E-state index contributed by atoms with van der Waals surface area (Å²) < 4.78 is 0. The number of hydrogen-bond donors (Lipinski definition) is 1. The standard InChI is InChI=1S/C16H26N2/c1-4-9-18-10-8-15(12-17-3)16(18)14-7-5-6-13(2)11-14/h5-7,11,15-17H,4,8-10,12H2,1-3H3. The zero-order chi connectivity index (χ0) is 13.0. The molecule has 1 aromatic rings. The van der Waals surface area contributed by atoms with Gasteiger partial charge in [-0.15, -0.1) is 0 Å². The van der Waals surface area contributed by atoms with Crippen molar-refractivity contribution in [3.8, 4) is 0 Å². The Balaban J connectivity index is 2.22. The van der Waals surface area contributed by atoms with Gasteiger partial charge in [0.05, 0.1) is 0 Å². The Morgan fingerprint density at radius 2 is 2.22 bits per heavy atom. The largest absolute Gasteiger partial charge is 0.319 e. The van der Waals surface area contributed by atoms with E-state index >= 15 is 0 Å². The average molecular weight is 246 g/mol. The van der Waals surface area contributed by atoms with E-state index in [0.29, 0.717) is 6.04 Å². The minimum Gasteiger partial charge on any atom is -0.319 e. The molecule has 0 amide bonds. The molecule has 1 N–H and O–H groups in total. The lowest BCUT2D eigenvalue weighted by Gasteiger charge is -2.28. The number of rotatable bonds is 5. The molecule has 1 heterocycles. The van der Waals surface area contributed by atoms with Crippen LogP contribution in [0.2, 0.25) is 0 Å². The monoisotopic (exact) mass is 246 g/mol. The van der Waals surface area contributed by atoms with E-state index in [2.05, 4.69) is 55.4 Å². The molecule has 0 radical (unpaired) electrons. The van der Waals surface area contributed by atoms with E-state index in [0.717, 1.165) is 12.5 Å². The molecule has 1 fully saturated rings. The van der Waals surface area contributed by atoms with Crippen molar-refractivity contribution in [1.82, 2.24) is 10.2 Å². The summed E-state index contributed by atoms with van der Waals surface area (Å²) in [4.78, 5) is 2.66. The first-order valence-corrected chi connectivity index (χ1v) is 7.21. The Kier molecular flexibility index (Phi) is 4.79. The summed E-state index contributed by atoms with van der Waals surface area (Å²) in [5, 5.41) is 3.36. The van der Waals surface area contributed by atoms with Crippen LogP contribution in [0.25, 0.3) is 0 Å². The molecule has 2 atom stereocenters. The molecule has 0 aliphatic carbocycles. The van der Waals surface area contributed by atoms with Gasteiger partial charge in [-0.1, -0.05) is 36.8 Å². The third-order valence-corrected chi connectivity index (χ3v) is 3.99. The van der Waals surface area contributed by atoms with Crippen LogP contribution in [0.4, 0.5) is 0 Å². The molecule has 2 rings (SSSR count). The number of nitrogens with one attached hydrogen (secondary N) is 1. The number of hydrogen-bond acceptors (Lipinski definition) is 2. The lowest BCUT2D eigenvalue weighted by Crippen LogP contribution is -2.29. The fraction of sp³-hybridized carbons (Fsp3) is 0.625. The molecule has 1 aliphatic heterocycles. The summed E-state index contributed by atoms with van der Waals surface area (Å²) in [7, 11) is 2.07. The highest BCUT2D eigenvalue weighted by Gasteiger charge is 2.33. The quantitative estimate of drug-likeness (QED) is 0.859. The molecule has 2 unspecified atom stereocenters. The van der Waals surface area contributed by atoms with Crippen molar-refractivity contribution in [2.24, 2.45) is 5.92 Å². The molecule has 1 aliphatic rings. The molecule has 2 nitrogen and oxygen atoms in total. The van der Waals surface area contributed by atoms with Gasteiger partial charge < -0.3 is 5.32 Å². The van der Waals surface area contributed by atoms with E-state index < -0.39 is 0 Å². The molecule has 1 saturated heterocycles. The summed E-state index contributed by atoms with van der Waals surface area (Å²) in [5.41, 5.74) is 2.88. The number of aryl methyl sites for hydroxylation is 1. The van der Waals surface area contributed by atoms with E-state index in [-0.39, 0.29) is 0 Å². The van der Waals surface area contributed by atoms with Gasteiger partial charge >= 0.3 is 0 Å². The van der Waals surface area contributed by atoms with Crippen molar-refractivity contribution < 1.29 is 0 Å². The second-order valence-electron chi connectivity index (χ2n) is 5.50. The highest BCUT2D eigenvalue weighted by atomic mass is 15.2. The van der Waals surface area contributed by atoms with Crippen LogP contribution in [-0.4, -0.2) is 31.6 Å². The van der Waals surface area contributed by atoms with Crippen LogP contribution in [0.5, 0.6) is 0 Å². The van der Waals surface area contributed by atoms with Crippen molar-refractivity contribution in [3.05, 3.63) is 35.4 Å². The lowest BCUT2D eigenvalue weighted by molar-refractivity contribution is 0.227. The van der Waals surface area contributed by atoms with E-state index in [1.54, 1.807) is 0 Å². The highest BCUT2D eigenvalue weighted by molar-refractivity contribution is 5.26. The van der Waals surface area contributed by atoms with Crippen LogP contribution in [0.3, 0.4) is 0 Å². The second kappa shape index (κ2) is 6.35. The van der Waals surface area contributed by atoms with Crippen LogP contribution < -0.4 is 5.32 Å². The van der Waals surface area contributed by atoms with Crippen molar-refractivity contribution in [2.45, 2.75) is 32.7 Å². The van der Waals surface area contributed by atoms with Gasteiger partial charge in [0.2, 0.25) is 0 Å². The smallest absolute Gasteiger partial charge is 0.0388 e. The van der Waals surface area contributed by atoms with Gasteiger partial charge in [0.15, 0.2) is 0 Å². The van der Waals surface area contributed by atoms with Crippen LogP contribution in [0, 0.1) is 12.8 Å². The average Bonchev–Trinajstić information content (AvgIpc) is 2.73. The number of nitrogens with zero attached hydrogens (tertiary/aromatic N) is 1. The van der Waals surface area contributed by atoms with Gasteiger partial charge in [0, 0.05) is 6.04 Å². The van der Waals surface area contributed by atoms with E-state index in [4.69, 9.17) is 0 Å². The van der Waals surface area contributed by atoms with Gasteiger partial charge in [0.25, 0.3) is 0 Å². The topological polar surface area (TPSA) is 15.3 Å². The zero-order valence-electron chi connectivity index (χ0n) is 11.9. The molecule has 18 heavy (non-hydrogen) atoms. The summed E-state index contributed by atoms with van der Waals surface area (Å²) in [6, 6.07) is 9.66. The Hall–Kier alpha value is -0.860. The van der Waals surface area contributed by atoms with Crippen molar-refractivity contribution >= 4 is 0 Å². The molecule has 0 saturated carbocycles. The fourth-order valence-corrected chi connectivity index (χ4v) is 3.28. The SMILES string of the molecule is CCCN1CCC(CNC)C1c1cccc(C)c1. The minimum atomic E-state index is 0.609. The third kappa shape index (κ3) is 2.93. The maximum atomic E-state index is 3.36. The lowest BCUT2D eigenvalue weighted by atomic mass is 9.92. The Bertz CT molecular complexity index is 361. The van der Waals surface area contributed by atoms with Crippen LogP contribution >= 0.6 is 0 Å². The molecule has 100 valence electrons. The summed E-state index contributed by atoms with van der Waals surface area (Å²) in [6.07, 6.45) is 2.56. The summed E-state index contributed by atoms with van der Waals surface area (Å²) in [6.45, 7) is 8.06. The molecule has 1 aromatic carbocycles. The minimum absolute atomic E-state index is 0.609. The molecule has 0 aromatic heterocycles. The van der Waals surface area contributed by atoms with E-state index in [1.165, 1.54) is 37.1 Å². The molecule has 0 bridgehead atoms. The van der Waals surface area contributed by atoms with E-state index in [1.807, 2.05) is 0 Å². The maximum Gasteiger partial charge on any atom is 0.0388 e. The highest BCUT2D eigenvalue weighted by Crippen LogP contribution is 2.37. The van der Waals surface area contributed by atoms with Gasteiger partial charge in [-0.2, -0.15) is 0 Å². The molecule has 0 spiro atoms. The van der Waals surface area contributed by atoms with E-state index in [9.17, 15) is 0 Å². The van der Waals surface area contributed by atoms with Gasteiger partial charge in [0.1, 0.15) is 0 Å². The Labute approximate surface area is 111 Å². The normalized spacial score (nSPS) is 24.6. The first-order chi connectivity index (χ1) is 8.76. The van der Waals surface area contributed by atoms with Gasteiger partial charge in [-0.3, -0.25) is 4.90 Å². The predicted molar refractivity (Wildman–Crippen MR) is 77.8 cm³/mol. The van der Waals surface area contributed by atoms with Crippen LogP contribution in [-0.2, 0) is 0 Å². The Morgan fingerprint density at radius 1 is 1.39 bits per heavy atom. The Morgan fingerprint density at radius 3 is 2.89 bits per heavy atom. The number of likely N-dealkylation sites (tertiary alicyclic amines) is 1. The summed E-state index contributed by atoms with van der Waals surface area (Å²) in [5.74, 6) is 0.753. The first kappa shape index (κ1) is 13.6. The maximum absolute atomic E-state index is 3.36. The van der Waals surface area contributed by atoms with Gasteiger partial charge in [-0.25, -0.2) is 0 Å². The van der Waals surface area contributed by atoms with Crippen LogP contribution in [0.1, 0.15) is 36.9 Å². The van der Waals surface area contributed by atoms with Gasteiger partial charge in [-0.05, 0) is 57.9 Å². The first-order valence-electron chi connectivity index (χ1n) is 7.21. The fourth-order valence-electron chi connectivity index (χ4n) is 3.28. The number of benzene rings is 1. The second-order valence-corrected chi connectivity index (χ2v) is 5.50. The molecular formula is C16H26N2. The van der Waals surface area contributed by atoms with Crippen molar-refractivity contribution in [3.63, 3.8) is 0 Å². The van der Waals surface area contributed by atoms with Crippen molar-refractivity contribution in [1.29, 1.82) is 0 Å².